The van der Waals surface area contributed by atoms with Crippen molar-refractivity contribution in [2.24, 2.45) is 0 Å². The maximum Gasteiger partial charge on any atom is 0.129 e. The minimum absolute atomic E-state index is 0.442. The molecule has 3 nitrogen and oxygen atoms in total. The topological polar surface area (TPSA) is 50.9 Å². The Bertz CT molecular complexity index is 553. The number of nitrogens with two attached hydrogens (primary N) is 1. The molecule has 0 radical (unpaired) electrons. The molecule has 1 aliphatic rings. The number of aromatic nitrogens is 1. The van der Waals surface area contributed by atoms with E-state index in [0.717, 1.165) is 24.2 Å². The van der Waals surface area contributed by atoms with Gasteiger partial charge in [-0.05, 0) is 42.5 Å². The van der Waals surface area contributed by atoms with Gasteiger partial charge in [0.25, 0.3) is 0 Å². The van der Waals surface area contributed by atoms with Crippen LogP contribution in [0.2, 0.25) is 0 Å². The van der Waals surface area contributed by atoms with Gasteiger partial charge in [0.2, 0.25) is 0 Å². The van der Waals surface area contributed by atoms with Crippen molar-refractivity contribution in [1.82, 2.24) is 4.98 Å². The Morgan fingerprint density at radius 1 is 1.22 bits per heavy atom. The summed E-state index contributed by atoms with van der Waals surface area (Å²) in [6, 6.07) is 11.0. The SMILES string of the molecule is Cc1cc(N)cnc1NC1Cc2ccccc2C1. The second kappa shape index (κ2) is 4.33. The monoisotopic (exact) mass is 239 g/mol. The number of aryl methyl sites for hydroxylation is 1. The van der Waals surface area contributed by atoms with Crippen LogP contribution in [-0.2, 0) is 12.8 Å². The Morgan fingerprint density at radius 2 is 1.89 bits per heavy atom. The first-order valence-corrected chi connectivity index (χ1v) is 6.28. The molecule has 1 aliphatic carbocycles. The molecule has 0 unspecified atom stereocenters. The van der Waals surface area contributed by atoms with Crippen LogP contribution in [0.3, 0.4) is 0 Å². The second-order valence-electron chi connectivity index (χ2n) is 4.95. The Morgan fingerprint density at radius 3 is 2.50 bits per heavy atom. The van der Waals surface area contributed by atoms with Gasteiger partial charge in [0, 0.05) is 6.04 Å². The lowest BCUT2D eigenvalue weighted by Gasteiger charge is -2.14. The summed E-state index contributed by atoms with van der Waals surface area (Å²) in [5.74, 6) is 0.946. The van der Waals surface area contributed by atoms with Crippen LogP contribution in [0.1, 0.15) is 16.7 Å². The first kappa shape index (κ1) is 11.1. The fraction of sp³-hybridized carbons (Fsp3) is 0.267. The third-order valence-electron chi connectivity index (χ3n) is 3.49. The molecule has 3 heteroatoms. The van der Waals surface area contributed by atoms with Crippen LogP contribution in [0.25, 0.3) is 0 Å². The quantitative estimate of drug-likeness (QED) is 0.846. The summed E-state index contributed by atoms with van der Waals surface area (Å²) in [5.41, 5.74) is 10.4. The van der Waals surface area contributed by atoms with Gasteiger partial charge in [-0.3, -0.25) is 0 Å². The third kappa shape index (κ3) is 2.04. The molecule has 3 rings (SSSR count). The fourth-order valence-electron chi connectivity index (χ4n) is 2.60. The normalized spacial score (nSPS) is 14.5. The van der Waals surface area contributed by atoms with Gasteiger partial charge >= 0.3 is 0 Å². The van der Waals surface area contributed by atoms with Gasteiger partial charge in [0.1, 0.15) is 5.82 Å². The summed E-state index contributed by atoms with van der Waals surface area (Å²) in [7, 11) is 0. The number of hydrogen-bond donors (Lipinski definition) is 2. The molecule has 1 aromatic heterocycles. The number of benzene rings is 1. The molecule has 3 N–H and O–H groups in total. The number of nitrogen functional groups attached to an aromatic ring is 1. The lowest BCUT2D eigenvalue weighted by atomic mass is 10.1. The van der Waals surface area contributed by atoms with Crippen molar-refractivity contribution in [1.29, 1.82) is 0 Å². The van der Waals surface area contributed by atoms with Crippen LogP contribution in [0.15, 0.2) is 36.5 Å². The van der Waals surface area contributed by atoms with Crippen molar-refractivity contribution < 1.29 is 0 Å². The molecule has 0 bridgehead atoms. The van der Waals surface area contributed by atoms with Gasteiger partial charge in [-0.2, -0.15) is 0 Å². The van der Waals surface area contributed by atoms with Crippen molar-refractivity contribution in [3.8, 4) is 0 Å². The highest BCUT2D eigenvalue weighted by Gasteiger charge is 2.21. The third-order valence-corrected chi connectivity index (χ3v) is 3.49. The molecule has 1 aromatic carbocycles. The van der Waals surface area contributed by atoms with Crippen LogP contribution in [-0.4, -0.2) is 11.0 Å². The maximum absolute atomic E-state index is 5.71. The lowest BCUT2D eigenvalue weighted by Crippen LogP contribution is -2.20. The van der Waals surface area contributed by atoms with Gasteiger partial charge < -0.3 is 11.1 Å². The van der Waals surface area contributed by atoms with E-state index >= 15 is 0 Å². The van der Waals surface area contributed by atoms with E-state index in [1.807, 2.05) is 13.0 Å². The van der Waals surface area contributed by atoms with E-state index in [4.69, 9.17) is 5.73 Å². The first-order valence-electron chi connectivity index (χ1n) is 6.28. The summed E-state index contributed by atoms with van der Waals surface area (Å²) in [6.07, 6.45) is 3.85. The van der Waals surface area contributed by atoms with Crippen LogP contribution in [0, 0.1) is 6.92 Å². The second-order valence-corrected chi connectivity index (χ2v) is 4.95. The van der Waals surface area contributed by atoms with Crippen LogP contribution in [0.5, 0.6) is 0 Å². The van der Waals surface area contributed by atoms with Gasteiger partial charge in [-0.25, -0.2) is 4.98 Å². The summed E-state index contributed by atoms with van der Waals surface area (Å²) >= 11 is 0. The zero-order valence-electron chi connectivity index (χ0n) is 10.5. The average Bonchev–Trinajstić information content (AvgIpc) is 2.75. The number of rotatable bonds is 2. The van der Waals surface area contributed by atoms with Crippen LogP contribution >= 0.6 is 0 Å². The molecule has 0 atom stereocenters. The Labute approximate surface area is 107 Å². The predicted molar refractivity (Wildman–Crippen MR) is 74.6 cm³/mol. The number of anilines is 2. The van der Waals surface area contributed by atoms with Crippen molar-refractivity contribution in [2.75, 3.05) is 11.1 Å². The zero-order valence-corrected chi connectivity index (χ0v) is 10.5. The van der Waals surface area contributed by atoms with Crippen molar-refractivity contribution in [2.45, 2.75) is 25.8 Å². The smallest absolute Gasteiger partial charge is 0.129 e. The fourth-order valence-corrected chi connectivity index (χ4v) is 2.60. The molecular weight excluding hydrogens is 222 g/mol. The van der Waals surface area contributed by atoms with E-state index in [-0.39, 0.29) is 0 Å². The predicted octanol–water partition coefficient (Wildman–Crippen LogP) is 2.55. The number of pyridine rings is 1. The van der Waals surface area contributed by atoms with Gasteiger partial charge in [0.15, 0.2) is 0 Å². The highest BCUT2D eigenvalue weighted by molar-refractivity contribution is 5.52. The maximum atomic E-state index is 5.71. The van der Waals surface area contributed by atoms with Crippen LogP contribution < -0.4 is 11.1 Å². The highest BCUT2D eigenvalue weighted by Crippen LogP contribution is 2.25. The summed E-state index contributed by atoms with van der Waals surface area (Å²) < 4.78 is 0. The van der Waals surface area contributed by atoms with Gasteiger partial charge in [-0.1, -0.05) is 24.3 Å². The molecule has 0 saturated heterocycles. The average molecular weight is 239 g/mol. The van der Waals surface area contributed by atoms with E-state index in [1.165, 1.54) is 11.1 Å². The molecule has 1 heterocycles. The summed E-state index contributed by atoms with van der Waals surface area (Å²) in [4.78, 5) is 4.37. The molecule has 2 aromatic rings. The summed E-state index contributed by atoms with van der Waals surface area (Å²) in [5, 5.41) is 3.52. The van der Waals surface area contributed by atoms with E-state index in [0.29, 0.717) is 11.7 Å². The van der Waals surface area contributed by atoms with Gasteiger partial charge in [0.05, 0.1) is 11.9 Å². The van der Waals surface area contributed by atoms with Gasteiger partial charge in [-0.15, -0.1) is 0 Å². The first-order chi connectivity index (χ1) is 8.72. The minimum atomic E-state index is 0.442. The molecule has 0 amide bonds. The largest absolute Gasteiger partial charge is 0.397 e. The molecule has 18 heavy (non-hydrogen) atoms. The minimum Gasteiger partial charge on any atom is -0.397 e. The Balaban J connectivity index is 1.76. The van der Waals surface area contributed by atoms with Crippen LogP contribution in [0.4, 0.5) is 11.5 Å². The molecule has 0 saturated carbocycles. The van der Waals surface area contributed by atoms with Crippen molar-refractivity contribution >= 4 is 11.5 Å². The number of hydrogen-bond acceptors (Lipinski definition) is 3. The van der Waals surface area contributed by atoms with E-state index < -0.39 is 0 Å². The number of nitrogens with one attached hydrogen (secondary N) is 1. The van der Waals surface area contributed by atoms with E-state index in [1.54, 1.807) is 6.20 Å². The molecule has 0 fully saturated rings. The standard InChI is InChI=1S/C15H17N3/c1-10-6-13(16)9-17-15(10)18-14-7-11-4-2-3-5-12(11)8-14/h2-6,9,14H,7-8,16H2,1H3,(H,17,18). The van der Waals surface area contributed by atoms with Crippen molar-refractivity contribution in [3.05, 3.63) is 53.2 Å². The molecular formula is C15H17N3. The zero-order chi connectivity index (χ0) is 12.5. The molecule has 0 spiro atoms. The lowest BCUT2D eigenvalue weighted by molar-refractivity contribution is 0.767. The Hall–Kier alpha value is -2.03. The molecule has 0 aliphatic heterocycles. The van der Waals surface area contributed by atoms with E-state index in [9.17, 15) is 0 Å². The molecule has 92 valence electrons. The number of nitrogens with zero attached hydrogens (tertiary/aromatic N) is 1. The highest BCUT2D eigenvalue weighted by atomic mass is 15.0. The summed E-state index contributed by atoms with van der Waals surface area (Å²) in [6.45, 7) is 2.04. The Kier molecular flexibility index (Phi) is 2.67. The van der Waals surface area contributed by atoms with E-state index in [2.05, 4.69) is 34.6 Å². The number of fused-ring (bicyclic) bond motifs is 1. The van der Waals surface area contributed by atoms with Crippen molar-refractivity contribution in [3.63, 3.8) is 0 Å².